The molecule has 1 N–H and O–H groups in total. The highest BCUT2D eigenvalue weighted by atomic mass is 16.5. The third-order valence-corrected chi connectivity index (χ3v) is 5.96. The molecule has 26 heavy (non-hydrogen) atoms. The van der Waals surface area contributed by atoms with Crippen LogP contribution in [0, 0.1) is 19.8 Å². The Bertz CT molecular complexity index is 594. The van der Waals surface area contributed by atoms with Crippen LogP contribution in [0.2, 0.25) is 0 Å². The fourth-order valence-corrected chi connectivity index (χ4v) is 4.46. The first kappa shape index (κ1) is 19.2. The van der Waals surface area contributed by atoms with E-state index in [9.17, 15) is 4.79 Å². The van der Waals surface area contributed by atoms with Crippen LogP contribution in [0.15, 0.2) is 6.33 Å². The second kappa shape index (κ2) is 8.91. The van der Waals surface area contributed by atoms with E-state index < -0.39 is 0 Å². The number of carbonyl (C=O) groups excluding carboxylic acids is 1. The van der Waals surface area contributed by atoms with Gasteiger partial charge in [-0.25, -0.2) is 9.97 Å². The summed E-state index contributed by atoms with van der Waals surface area (Å²) in [5.41, 5.74) is 2.14. The molecule has 0 bridgehead atoms. The molecular formula is C20H32N4O2. The highest BCUT2D eigenvalue weighted by Crippen LogP contribution is 2.27. The number of nitrogens with one attached hydrogen (secondary N) is 1. The summed E-state index contributed by atoms with van der Waals surface area (Å²) in [7, 11) is 1.82. The predicted octanol–water partition coefficient (Wildman–Crippen LogP) is 2.49. The van der Waals surface area contributed by atoms with Crippen molar-refractivity contribution in [2.24, 2.45) is 5.92 Å². The molecule has 2 atom stereocenters. The summed E-state index contributed by atoms with van der Waals surface area (Å²) in [4.78, 5) is 23.6. The molecule has 6 nitrogen and oxygen atoms in total. The Morgan fingerprint density at radius 1 is 1.19 bits per heavy atom. The topological polar surface area (TPSA) is 67.3 Å². The Morgan fingerprint density at radius 3 is 2.54 bits per heavy atom. The van der Waals surface area contributed by atoms with Crippen molar-refractivity contribution < 1.29 is 9.53 Å². The molecule has 0 aromatic carbocycles. The van der Waals surface area contributed by atoms with Crippen molar-refractivity contribution in [1.29, 1.82) is 0 Å². The quantitative estimate of drug-likeness (QED) is 0.874. The van der Waals surface area contributed by atoms with Gasteiger partial charge in [0.25, 0.3) is 5.91 Å². The fraction of sp³-hybridized carbons (Fsp3) is 0.750. The third kappa shape index (κ3) is 4.80. The molecule has 144 valence electrons. The SMILES string of the molecule is COC1CCN(C[C@@H]2CCC[C@H](NC(=O)c3c(C)ncnc3C)C2)CC1. The van der Waals surface area contributed by atoms with Crippen LogP contribution in [-0.2, 0) is 4.74 Å². The van der Waals surface area contributed by atoms with Crippen molar-refractivity contribution in [2.75, 3.05) is 26.7 Å². The van der Waals surface area contributed by atoms with E-state index >= 15 is 0 Å². The van der Waals surface area contributed by atoms with Gasteiger partial charge < -0.3 is 15.0 Å². The van der Waals surface area contributed by atoms with Crippen molar-refractivity contribution in [2.45, 2.75) is 64.5 Å². The van der Waals surface area contributed by atoms with Gasteiger partial charge in [0.2, 0.25) is 0 Å². The maximum atomic E-state index is 12.7. The van der Waals surface area contributed by atoms with Crippen molar-refractivity contribution >= 4 is 5.91 Å². The Morgan fingerprint density at radius 2 is 1.88 bits per heavy atom. The second-order valence-corrected chi connectivity index (χ2v) is 7.86. The molecule has 1 saturated carbocycles. The molecule has 0 unspecified atom stereocenters. The van der Waals surface area contributed by atoms with Crippen LogP contribution >= 0.6 is 0 Å². The molecule has 2 heterocycles. The van der Waals surface area contributed by atoms with Crippen LogP contribution in [0.25, 0.3) is 0 Å². The number of ether oxygens (including phenoxy) is 1. The van der Waals surface area contributed by atoms with E-state index in [1.165, 1.54) is 19.2 Å². The maximum Gasteiger partial charge on any atom is 0.255 e. The van der Waals surface area contributed by atoms with Gasteiger partial charge in [0.05, 0.1) is 23.1 Å². The van der Waals surface area contributed by atoms with Crippen LogP contribution < -0.4 is 5.32 Å². The van der Waals surface area contributed by atoms with Crippen LogP contribution in [0.4, 0.5) is 0 Å². The summed E-state index contributed by atoms with van der Waals surface area (Å²) in [6.07, 6.45) is 8.82. The minimum Gasteiger partial charge on any atom is -0.381 e. The fourth-order valence-electron chi connectivity index (χ4n) is 4.46. The summed E-state index contributed by atoms with van der Waals surface area (Å²) >= 11 is 0. The lowest BCUT2D eigenvalue weighted by molar-refractivity contribution is 0.0337. The Balaban J connectivity index is 1.51. The number of carbonyl (C=O) groups is 1. The number of amides is 1. The van der Waals surface area contributed by atoms with Gasteiger partial charge in [-0.05, 0) is 51.9 Å². The summed E-state index contributed by atoms with van der Waals surface area (Å²) in [6.45, 7) is 7.15. The van der Waals surface area contributed by atoms with E-state index in [1.54, 1.807) is 0 Å². The molecule has 1 aromatic rings. The van der Waals surface area contributed by atoms with E-state index in [0.717, 1.165) is 56.7 Å². The molecule has 1 aliphatic heterocycles. The molecular weight excluding hydrogens is 328 g/mol. The average molecular weight is 361 g/mol. The first-order valence-corrected chi connectivity index (χ1v) is 9.91. The zero-order valence-corrected chi connectivity index (χ0v) is 16.3. The van der Waals surface area contributed by atoms with Crippen LogP contribution in [-0.4, -0.2) is 59.7 Å². The molecule has 1 saturated heterocycles. The summed E-state index contributed by atoms with van der Waals surface area (Å²) < 4.78 is 5.47. The highest BCUT2D eigenvalue weighted by molar-refractivity contribution is 5.96. The van der Waals surface area contributed by atoms with Gasteiger partial charge in [-0.2, -0.15) is 0 Å². The van der Waals surface area contributed by atoms with Gasteiger partial charge in [0.15, 0.2) is 0 Å². The molecule has 1 aromatic heterocycles. The number of hydrogen-bond acceptors (Lipinski definition) is 5. The third-order valence-electron chi connectivity index (χ3n) is 5.96. The lowest BCUT2D eigenvalue weighted by Gasteiger charge is -2.36. The second-order valence-electron chi connectivity index (χ2n) is 7.86. The molecule has 3 rings (SSSR count). The largest absolute Gasteiger partial charge is 0.381 e. The van der Waals surface area contributed by atoms with Gasteiger partial charge in [0, 0.05) is 32.8 Å². The van der Waals surface area contributed by atoms with Crippen LogP contribution in [0.1, 0.15) is 60.3 Å². The Hall–Kier alpha value is -1.53. The van der Waals surface area contributed by atoms with Crippen LogP contribution in [0.3, 0.4) is 0 Å². The highest BCUT2D eigenvalue weighted by Gasteiger charge is 2.27. The number of nitrogens with zero attached hydrogens (tertiary/aromatic N) is 3. The number of rotatable bonds is 5. The first-order valence-electron chi connectivity index (χ1n) is 9.91. The molecule has 1 aliphatic carbocycles. The molecule has 0 spiro atoms. The van der Waals surface area contributed by atoms with E-state index in [-0.39, 0.29) is 11.9 Å². The van der Waals surface area contributed by atoms with Gasteiger partial charge in [-0.3, -0.25) is 4.79 Å². The first-order chi connectivity index (χ1) is 12.6. The summed E-state index contributed by atoms with van der Waals surface area (Å²) in [5, 5.41) is 3.24. The molecule has 2 fully saturated rings. The number of aromatic nitrogens is 2. The zero-order chi connectivity index (χ0) is 18.5. The monoisotopic (exact) mass is 360 g/mol. The maximum absolute atomic E-state index is 12.7. The molecule has 0 radical (unpaired) electrons. The minimum absolute atomic E-state index is 0.0211. The average Bonchev–Trinajstić information content (AvgIpc) is 2.62. The van der Waals surface area contributed by atoms with Gasteiger partial charge in [0.1, 0.15) is 6.33 Å². The standard InChI is InChI=1S/C20H32N4O2/c1-14-19(15(2)22-13-21-14)20(25)23-17-6-4-5-16(11-17)12-24-9-7-18(26-3)8-10-24/h13,16-18H,4-12H2,1-3H3,(H,23,25)/t16-,17+/m1/s1. The number of piperidine rings is 1. The Kier molecular flexibility index (Phi) is 6.59. The van der Waals surface area contributed by atoms with E-state index in [2.05, 4.69) is 20.2 Å². The van der Waals surface area contributed by atoms with E-state index in [0.29, 0.717) is 17.6 Å². The normalized spacial score (nSPS) is 25.2. The van der Waals surface area contributed by atoms with E-state index in [1.807, 2.05) is 21.0 Å². The van der Waals surface area contributed by atoms with Crippen molar-refractivity contribution in [1.82, 2.24) is 20.2 Å². The number of aryl methyl sites for hydroxylation is 2. The van der Waals surface area contributed by atoms with Crippen molar-refractivity contribution in [3.63, 3.8) is 0 Å². The van der Waals surface area contributed by atoms with Crippen LogP contribution in [0.5, 0.6) is 0 Å². The van der Waals surface area contributed by atoms with Gasteiger partial charge >= 0.3 is 0 Å². The molecule has 6 heteroatoms. The summed E-state index contributed by atoms with van der Waals surface area (Å²) in [5.74, 6) is 0.648. The molecule has 2 aliphatic rings. The smallest absolute Gasteiger partial charge is 0.255 e. The van der Waals surface area contributed by atoms with Crippen molar-refractivity contribution in [3.8, 4) is 0 Å². The van der Waals surface area contributed by atoms with Gasteiger partial charge in [-0.1, -0.05) is 6.42 Å². The molecule has 1 amide bonds. The minimum atomic E-state index is -0.0211. The number of methoxy groups -OCH3 is 1. The number of hydrogen-bond donors (Lipinski definition) is 1. The lowest BCUT2D eigenvalue weighted by Crippen LogP contribution is -2.43. The predicted molar refractivity (Wildman–Crippen MR) is 101 cm³/mol. The van der Waals surface area contributed by atoms with Crippen molar-refractivity contribution in [3.05, 3.63) is 23.3 Å². The zero-order valence-electron chi connectivity index (χ0n) is 16.3. The van der Waals surface area contributed by atoms with Gasteiger partial charge in [-0.15, -0.1) is 0 Å². The lowest BCUT2D eigenvalue weighted by atomic mass is 9.85. The summed E-state index contributed by atoms with van der Waals surface area (Å²) in [6, 6.07) is 0.261. The van der Waals surface area contributed by atoms with E-state index in [4.69, 9.17) is 4.74 Å². The Labute approximate surface area is 156 Å². The number of likely N-dealkylation sites (tertiary alicyclic amines) is 1.